The van der Waals surface area contributed by atoms with E-state index in [0.29, 0.717) is 4.83 Å². The number of hydrogen-bond donors (Lipinski definition) is 1. The van der Waals surface area contributed by atoms with Crippen LogP contribution in [0.2, 0.25) is 0 Å². The summed E-state index contributed by atoms with van der Waals surface area (Å²) in [5, 5.41) is 3.35. The highest BCUT2D eigenvalue weighted by atomic mass is 79.9. The maximum atomic E-state index is 5.34. The van der Waals surface area contributed by atoms with E-state index in [1.165, 1.54) is 12.8 Å². The van der Waals surface area contributed by atoms with Crippen LogP contribution in [0, 0.1) is 0 Å². The van der Waals surface area contributed by atoms with Crippen molar-refractivity contribution < 1.29 is 4.74 Å². The lowest BCUT2D eigenvalue weighted by Crippen LogP contribution is -2.22. The summed E-state index contributed by atoms with van der Waals surface area (Å²) in [5.74, 6) is 0. The Morgan fingerprint density at radius 2 is 2.00 bits per heavy atom. The summed E-state index contributed by atoms with van der Waals surface area (Å²) in [7, 11) is 0. The zero-order valence-corrected chi connectivity index (χ0v) is 10.4. The minimum absolute atomic E-state index is 0.663. The van der Waals surface area contributed by atoms with E-state index in [9.17, 15) is 0 Å². The van der Waals surface area contributed by atoms with Gasteiger partial charge in [-0.25, -0.2) is 0 Å². The lowest BCUT2D eigenvalue weighted by atomic mass is 10.2. The van der Waals surface area contributed by atoms with Crippen molar-refractivity contribution in [1.29, 1.82) is 0 Å². The average Bonchev–Trinajstić information content (AvgIpc) is 2.16. The monoisotopic (exact) mass is 251 g/mol. The number of hydrogen-bond acceptors (Lipinski definition) is 2. The largest absolute Gasteiger partial charge is 0.380 e. The molecular weight excluding hydrogens is 230 g/mol. The summed E-state index contributed by atoms with van der Waals surface area (Å²) >= 11 is 3.60. The molecule has 0 aromatic rings. The lowest BCUT2D eigenvalue weighted by molar-refractivity contribution is 0.136. The number of ether oxygens (including phenoxy) is 1. The van der Waals surface area contributed by atoms with Crippen molar-refractivity contribution >= 4 is 15.9 Å². The number of nitrogens with one attached hydrogen (secondary N) is 1. The smallest absolute Gasteiger partial charge is 0.0590 e. The van der Waals surface area contributed by atoms with Gasteiger partial charge in [-0.3, -0.25) is 0 Å². The van der Waals surface area contributed by atoms with E-state index < -0.39 is 0 Å². The quantitative estimate of drug-likeness (QED) is 0.503. The molecule has 0 aliphatic heterocycles. The van der Waals surface area contributed by atoms with Crippen LogP contribution in [0.1, 0.15) is 33.1 Å². The van der Waals surface area contributed by atoms with Crippen molar-refractivity contribution in [1.82, 2.24) is 5.32 Å². The van der Waals surface area contributed by atoms with Gasteiger partial charge in [0.05, 0.1) is 6.61 Å². The fourth-order valence-electron chi connectivity index (χ4n) is 0.979. The van der Waals surface area contributed by atoms with Crippen LogP contribution < -0.4 is 5.32 Å². The summed E-state index contributed by atoms with van der Waals surface area (Å²) in [6, 6.07) is 0. The van der Waals surface area contributed by atoms with Crippen molar-refractivity contribution in [3.05, 3.63) is 0 Å². The molecule has 1 atom stereocenters. The van der Waals surface area contributed by atoms with E-state index in [2.05, 4.69) is 35.1 Å². The Morgan fingerprint density at radius 1 is 1.23 bits per heavy atom. The Bertz CT molecular complexity index is 101. The second-order valence-corrected chi connectivity index (χ2v) is 4.45. The third-order valence-electron chi connectivity index (χ3n) is 1.85. The lowest BCUT2D eigenvalue weighted by Gasteiger charge is -2.08. The topological polar surface area (TPSA) is 21.3 Å². The Morgan fingerprint density at radius 3 is 2.62 bits per heavy atom. The predicted molar refractivity (Wildman–Crippen MR) is 61.6 cm³/mol. The predicted octanol–water partition coefficient (Wildman–Crippen LogP) is 2.57. The van der Waals surface area contributed by atoms with Crippen LogP contribution in [0.4, 0.5) is 0 Å². The molecule has 0 aliphatic carbocycles. The van der Waals surface area contributed by atoms with E-state index in [1.54, 1.807) is 0 Å². The second kappa shape index (κ2) is 10.5. The summed E-state index contributed by atoms with van der Waals surface area (Å²) in [6.07, 6.45) is 3.51. The van der Waals surface area contributed by atoms with Gasteiger partial charge < -0.3 is 10.1 Å². The maximum Gasteiger partial charge on any atom is 0.0590 e. The van der Waals surface area contributed by atoms with Crippen molar-refractivity contribution in [2.24, 2.45) is 0 Å². The van der Waals surface area contributed by atoms with E-state index in [0.717, 1.165) is 32.7 Å². The van der Waals surface area contributed by atoms with Crippen LogP contribution in [0.15, 0.2) is 0 Å². The summed E-state index contributed by atoms with van der Waals surface area (Å²) in [6.45, 7) is 8.11. The van der Waals surface area contributed by atoms with Gasteiger partial charge >= 0.3 is 0 Å². The molecule has 0 saturated heterocycles. The highest BCUT2D eigenvalue weighted by Gasteiger charge is 1.98. The molecule has 0 radical (unpaired) electrons. The van der Waals surface area contributed by atoms with Gasteiger partial charge in [0.25, 0.3) is 0 Å². The molecular formula is C10H22BrNO. The van der Waals surface area contributed by atoms with E-state index in [1.807, 2.05) is 0 Å². The zero-order valence-electron chi connectivity index (χ0n) is 8.81. The minimum Gasteiger partial charge on any atom is -0.380 e. The molecule has 1 unspecified atom stereocenters. The SMILES string of the molecule is CCCOCCNCCC(Br)CC. The molecule has 0 aliphatic rings. The molecule has 3 heteroatoms. The molecule has 2 nitrogen and oxygen atoms in total. The van der Waals surface area contributed by atoms with Crippen molar-refractivity contribution in [3.8, 4) is 0 Å². The summed E-state index contributed by atoms with van der Waals surface area (Å²) in [4.78, 5) is 0.663. The van der Waals surface area contributed by atoms with Crippen LogP contribution >= 0.6 is 15.9 Å². The van der Waals surface area contributed by atoms with Gasteiger partial charge in [0.1, 0.15) is 0 Å². The molecule has 80 valence electrons. The van der Waals surface area contributed by atoms with E-state index in [-0.39, 0.29) is 0 Å². The van der Waals surface area contributed by atoms with E-state index in [4.69, 9.17) is 4.74 Å². The molecule has 0 amide bonds. The molecule has 0 bridgehead atoms. The number of rotatable bonds is 9. The van der Waals surface area contributed by atoms with Crippen LogP contribution in [-0.2, 0) is 4.74 Å². The first-order valence-electron chi connectivity index (χ1n) is 5.23. The highest BCUT2D eigenvalue weighted by molar-refractivity contribution is 9.09. The van der Waals surface area contributed by atoms with Crippen LogP contribution in [0.5, 0.6) is 0 Å². The Hall–Kier alpha value is 0.400. The third-order valence-corrected chi connectivity index (χ3v) is 2.95. The number of alkyl halides is 1. The van der Waals surface area contributed by atoms with Gasteiger partial charge in [0, 0.05) is 18.0 Å². The van der Waals surface area contributed by atoms with Crippen molar-refractivity contribution in [2.45, 2.75) is 37.9 Å². The fourth-order valence-corrected chi connectivity index (χ4v) is 1.21. The van der Waals surface area contributed by atoms with Gasteiger partial charge in [0.2, 0.25) is 0 Å². The molecule has 1 N–H and O–H groups in total. The number of halogens is 1. The van der Waals surface area contributed by atoms with Crippen LogP contribution in [0.25, 0.3) is 0 Å². The third kappa shape index (κ3) is 10.3. The summed E-state index contributed by atoms with van der Waals surface area (Å²) in [5.41, 5.74) is 0. The minimum atomic E-state index is 0.663. The van der Waals surface area contributed by atoms with Gasteiger partial charge in [0.15, 0.2) is 0 Å². The first kappa shape index (κ1) is 13.4. The van der Waals surface area contributed by atoms with E-state index >= 15 is 0 Å². The van der Waals surface area contributed by atoms with Crippen molar-refractivity contribution in [3.63, 3.8) is 0 Å². The van der Waals surface area contributed by atoms with Gasteiger partial charge in [-0.05, 0) is 25.8 Å². The summed E-state index contributed by atoms with van der Waals surface area (Å²) < 4.78 is 5.34. The molecule has 13 heavy (non-hydrogen) atoms. The fraction of sp³-hybridized carbons (Fsp3) is 1.00. The Kier molecular flexibility index (Phi) is 10.8. The molecule has 0 aromatic heterocycles. The second-order valence-electron chi connectivity index (χ2n) is 3.16. The van der Waals surface area contributed by atoms with Crippen LogP contribution in [-0.4, -0.2) is 31.1 Å². The standard InChI is InChI=1S/C10H22BrNO/c1-3-8-13-9-7-12-6-5-10(11)4-2/h10,12H,3-9H2,1-2H3. The van der Waals surface area contributed by atoms with Gasteiger partial charge in [-0.15, -0.1) is 0 Å². The molecule has 0 fully saturated rings. The first-order valence-corrected chi connectivity index (χ1v) is 6.15. The maximum absolute atomic E-state index is 5.34. The Balaban J connectivity index is 2.91. The van der Waals surface area contributed by atoms with Gasteiger partial charge in [-0.1, -0.05) is 29.8 Å². The zero-order chi connectivity index (χ0) is 9.94. The highest BCUT2D eigenvalue weighted by Crippen LogP contribution is 2.07. The molecule has 0 spiro atoms. The normalized spacial score (nSPS) is 13.2. The molecule has 0 saturated carbocycles. The van der Waals surface area contributed by atoms with Crippen molar-refractivity contribution in [2.75, 3.05) is 26.3 Å². The molecule has 0 aromatic carbocycles. The van der Waals surface area contributed by atoms with Gasteiger partial charge in [-0.2, -0.15) is 0 Å². The average molecular weight is 252 g/mol. The first-order chi connectivity index (χ1) is 6.31. The molecule has 0 rings (SSSR count). The molecule has 0 heterocycles. The van der Waals surface area contributed by atoms with Crippen LogP contribution in [0.3, 0.4) is 0 Å². The Labute approximate surface area is 90.6 Å².